The topological polar surface area (TPSA) is 51.2 Å². The Hall–Kier alpha value is -0.380. The van der Waals surface area contributed by atoms with Gasteiger partial charge in [-0.2, -0.15) is 0 Å². The summed E-state index contributed by atoms with van der Waals surface area (Å²) in [5, 5.41) is 0. The van der Waals surface area contributed by atoms with Crippen molar-refractivity contribution in [2.75, 3.05) is 12.0 Å². The lowest BCUT2D eigenvalue weighted by atomic mass is 10.1. The molecule has 0 unspecified atom stereocenters. The Balaban J connectivity index is 3.73. The molecular weight excluding hydrogens is 176 g/mol. The number of rotatable bonds is 5. The van der Waals surface area contributed by atoms with Crippen LogP contribution in [0.25, 0.3) is 0 Å². The minimum atomic E-state index is -2.98. The van der Waals surface area contributed by atoms with Gasteiger partial charge in [0.05, 0.1) is 5.75 Å². The van der Waals surface area contributed by atoms with E-state index in [-0.39, 0.29) is 18.0 Å². The monoisotopic (exact) mass is 192 g/mol. The maximum Gasteiger partial charge on any atom is 0.147 e. The lowest BCUT2D eigenvalue weighted by molar-refractivity contribution is -0.119. The fourth-order valence-corrected chi connectivity index (χ4v) is 1.46. The van der Waals surface area contributed by atoms with E-state index in [4.69, 9.17) is 0 Å². The molecule has 0 aromatic heterocycles. The van der Waals surface area contributed by atoms with Crippen molar-refractivity contribution in [2.24, 2.45) is 5.92 Å². The molecule has 72 valence electrons. The van der Waals surface area contributed by atoms with Gasteiger partial charge < -0.3 is 0 Å². The van der Waals surface area contributed by atoms with Gasteiger partial charge in [-0.05, 0) is 5.92 Å². The third kappa shape index (κ3) is 7.72. The van der Waals surface area contributed by atoms with E-state index >= 15 is 0 Å². The zero-order valence-corrected chi connectivity index (χ0v) is 8.65. The van der Waals surface area contributed by atoms with Crippen LogP contribution in [0.4, 0.5) is 0 Å². The van der Waals surface area contributed by atoms with Crippen molar-refractivity contribution in [3.63, 3.8) is 0 Å². The number of carbonyl (C=O) groups excluding carboxylic acids is 1. The highest BCUT2D eigenvalue weighted by Gasteiger charge is 2.09. The average molecular weight is 192 g/mol. The van der Waals surface area contributed by atoms with E-state index in [0.29, 0.717) is 12.3 Å². The molecule has 0 spiro atoms. The molecule has 3 nitrogen and oxygen atoms in total. The van der Waals surface area contributed by atoms with Gasteiger partial charge in [-0.3, -0.25) is 4.79 Å². The van der Waals surface area contributed by atoms with E-state index in [9.17, 15) is 13.2 Å². The predicted molar refractivity (Wildman–Crippen MR) is 48.8 cm³/mol. The summed E-state index contributed by atoms with van der Waals surface area (Å²) in [4.78, 5) is 11.0. The third-order valence-corrected chi connectivity index (χ3v) is 2.33. The van der Waals surface area contributed by atoms with Crippen molar-refractivity contribution >= 4 is 15.6 Å². The molecule has 0 aliphatic rings. The van der Waals surface area contributed by atoms with Gasteiger partial charge in [0.1, 0.15) is 15.6 Å². The van der Waals surface area contributed by atoms with E-state index in [1.807, 2.05) is 13.8 Å². The van der Waals surface area contributed by atoms with Crippen LogP contribution < -0.4 is 0 Å². The molecule has 0 heterocycles. The zero-order valence-electron chi connectivity index (χ0n) is 7.83. The second-order valence-electron chi connectivity index (χ2n) is 3.52. The largest absolute Gasteiger partial charge is 0.300 e. The molecule has 0 amide bonds. The van der Waals surface area contributed by atoms with E-state index in [1.54, 1.807) is 0 Å². The molecule has 0 N–H and O–H groups in total. The number of Topliss-reactive ketones (excluding diaryl/α,β-unsaturated/α-hetero) is 1. The molecule has 0 aromatic carbocycles. The lowest BCUT2D eigenvalue weighted by Gasteiger charge is -2.02. The first kappa shape index (κ1) is 11.6. The van der Waals surface area contributed by atoms with Crippen LogP contribution in [-0.4, -0.2) is 26.2 Å². The van der Waals surface area contributed by atoms with Gasteiger partial charge in [0.2, 0.25) is 0 Å². The van der Waals surface area contributed by atoms with Crippen LogP contribution >= 0.6 is 0 Å². The average Bonchev–Trinajstić information content (AvgIpc) is 1.80. The van der Waals surface area contributed by atoms with Gasteiger partial charge in [-0.25, -0.2) is 8.42 Å². The van der Waals surface area contributed by atoms with Crippen molar-refractivity contribution in [2.45, 2.75) is 26.7 Å². The quantitative estimate of drug-likeness (QED) is 0.654. The summed E-state index contributed by atoms with van der Waals surface area (Å²) in [5.74, 6) is 0.339. The maximum absolute atomic E-state index is 11.0. The van der Waals surface area contributed by atoms with Crippen LogP contribution in [0.1, 0.15) is 26.7 Å². The molecule has 0 saturated carbocycles. The normalized spacial score (nSPS) is 12.0. The Kier molecular flexibility index (Phi) is 4.45. The molecule has 0 rings (SSSR count). The highest BCUT2D eigenvalue weighted by molar-refractivity contribution is 7.90. The van der Waals surface area contributed by atoms with E-state index in [1.165, 1.54) is 0 Å². The summed E-state index contributed by atoms with van der Waals surface area (Å²) in [7, 11) is -2.98. The van der Waals surface area contributed by atoms with Crippen molar-refractivity contribution in [3.8, 4) is 0 Å². The molecule has 0 atom stereocenters. The van der Waals surface area contributed by atoms with Gasteiger partial charge >= 0.3 is 0 Å². The highest BCUT2D eigenvalue weighted by Crippen LogP contribution is 2.03. The van der Waals surface area contributed by atoms with Crippen LogP contribution in [0.15, 0.2) is 0 Å². The standard InChI is InChI=1S/C8H16O3S/c1-7(2)6-8(9)4-5-12(3,10)11/h7H,4-6H2,1-3H3. The SMILES string of the molecule is CC(C)CC(=O)CCS(C)(=O)=O. The molecular formula is C8H16O3S. The smallest absolute Gasteiger partial charge is 0.147 e. The molecule has 0 bridgehead atoms. The first-order valence-electron chi connectivity index (χ1n) is 4.00. The molecule has 0 aliphatic carbocycles. The summed E-state index contributed by atoms with van der Waals surface area (Å²) >= 11 is 0. The molecule has 0 aromatic rings. The molecule has 0 aliphatic heterocycles. The fraction of sp³-hybridized carbons (Fsp3) is 0.875. The fourth-order valence-electron chi connectivity index (χ4n) is 0.857. The minimum absolute atomic E-state index is 0.0153. The van der Waals surface area contributed by atoms with Crippen LogP contribution in [0, 0.1) is 5.92 Å². The van der Waals surface area contributed by atoms with E-state index in [2.05, 4.69) is 0 Å². The van der Waals surface area contributed by atoms with Crippen LogP contribution in [0.5, 0.6) is 0 Å². The Morgan fingerprint density at radius 3 is 2.17 bits per heavy atom. The third-order valence-electron chi connectivity index (χ3n) is 1.39. The number of hydrogen-bond donors (Lipinski definition) is 0. The molecule has 0 saturated heterocycles. The van der Waals surface area contributed by atoms with Crippen molar-refractivity contribution in [3.05, 3.63) is 0 Å². The lowest BCUT2D eigenvalue weighted by Crippen LogP contribution is -2.10. The second-order valence-corrected chi connectivity index (χ2v) is 5.78. The molecule has 12 heavy (non-hydrogen) atoms. The highest BCUT2D eigenvalue weighted by atomic mass is 32.2. The van der Waals surface area contributed by atoms with Crippen molar-refractivity contribution < 1.29 is 13.2 Å². The summed E-state index contributed by atoms with van der Waals surface area (Å²) < 4.78 is 21.3. The van der Waals surface area contributed by atoms with Crippen LogP contribution in [0.3, 0.4) is 0 Å². The number of sulfone groups is 1. The summed E-state index contributed by atoms with van der Waals surface area (Å²) in [5.41, 5.74) is 0. The zero-order chi connectivity index (χ0) is 9.78. The molecule has 0 fully saturated rings. The minimum Gasteiger partial charge on any atom is -0.300 e. The number of hydrogen-bond acceptors (Lipinski definition) is 3. The Bertz CT molecular complexity index is 239. The summed E-state index contributed by atoms with van der Waals surface area (Å²) in [6, 6.07) is 0. The summed E-state index contributed by atoms with van der Waals surface area (Å²) in [6.07, 6.45) is 1.79. The Labute approximate surface area is 74.1 Å². The van der Waals surface area contributed by atoms with Crippen molar-refractivity contribution in [1.82, 2.24) is 0 Å². The molecule has 4 heteroatoms. The van der Waals surface area contributed by atoms with Crippen molar-refractivity contribution in [1.29, 1.82) is 0 Å². The molecule has 0 radical (unpaired) electrons. The van der Waals surface area contributed by atoms with E-state index < -0.39 is 9.84 Å². The van der Waals surface area contributed by atoms with Gasteiger partial charge in [0.15, 0.2) is 0 Å². The Morgan fingerprint density at radius 2 is 1.83 bits per heavy atom. The van der Waals surface area contributed by atoms with Crippen LogP contribution in [0.2, 0.25) is 0 Å². The maximum atomic E-state index is 11.0. The first-order valence-corrected chi connectivity index (χ1v) is 6.06. The number of ketones is 1. The van der Waals surface area contributed by atoms with Gasteiger partial charge in [-0.1, -0.05) is 13.8 Å². The number of carbonyl (C=O) groups is 1. The van der Waals surface area contributed by atoms with Gasteiger partial charge in [0, 0.05) is 19.1 Å². The van der Waals surface area contributed by atoms with Crippen LogP contribution in [-0.2, 0) is 14.6 Å². The predicted octanol–water partition coefficient (Wildman–Crippen LogP) is 1.04. The first-order chi connectivity index (χ1) is 5.31. The Morgan fingerprint density at radius 1 is 1.33 bits per heavy atom. The van der Waals surface area contributed by atoms with Gasteiger partial charge in [0.25, 0.3) is 0 Å². The summed E-state index contributed by atoms with van der Waals surface area (Å²) in [6.45, 7) is 3.89. The second kappa shape index (κ2) is 4.60. The van der Waals surface area contributed by atoms with Gasteiger partial charge in [-0.15, -0.1) is 0 Å². The van der Waals surface area contributed by atoms with E-state index in [0.717, 1.165) is 6.26 Å².